The lowest BCUT2D eigenvalue weighted by atomic mass is 9.96. The first-order valence-corrected chi connectivity index (χ1v) is 11.1. The standard InChI is InChI=1S/C26H26ClFN2O2/c1-18-16-30(17-19-6-3-2-4-7-19)13-12-25(18)32-22-9-5-8-21(15-22)29-26(31)23-11-10-20(28)14-24(23)27/h2-11,14-15,18,25H,12-13,16-17H2,1H3,(H,29,31)/t18?,25-/m1/s1. The fraction of sp³-hybridized carbons (Fsp3) is 0.269. The Morgan fingerprint density at radius 2 is 1.94 bits per heavy atom. The zero-order valence-corrected chi connectivity index (χ0v) is 18.7. The highest BCUT2D eigenvalue weighted by Gasteiger charge is 2.27. The molecule has 6 heteroatoms. The van der Waals surface area contributed by atoms with Crippen LogP contribution in [0.4, 0.5) is 10.1 Å². The van der Waals surface area contributed by atoms with Gasteiger partial charge in [-0.15, -0.1) is 0 Å². The van der Waals surface area contributed by atoms with Gasteiger partial charge in [-0.3, -0.25) is 9.69 Å². The Kier molecular flexibility index (Phi) is 7.08. The third-order valence-corrected chi connectivity index (χ3v) is 6.03. The topological polar surface area (TPSA) is 41.6 Å². The third kappa shape index (κ3) is 5.67. The van der Waals surface area contributed by atoms with Crippen LogP contribution in [0.5, 0.6) is 5.75 Å². The van der Waals surface area contributed by atoms with Gasteiger partial charge < -0.3 is 10.1 Å². The number of halogens is 2. The van der Waals surface area contributed by atoms with Crippen molar-refractivity contribution in [1.82, 2.24) is 4.90 Å². The maximum atomic E-state index is 13.2. The SMILES string of the molecule is CC1CN(Cc2ccccc2)CC[C@H]1Oc1cccc(NC(=O)c2ccc(F)cc2Cl)c1. The van der Waals surface area contributed by atoms with Crippen molar-refractivity contribution in [2.45, 2.75) is 26.0 Å². The van der Waals surface area contributed by atoms with Crippen molar-refractivity contribution in [2.75, 3.05) is 18.4 Å². The summed E-state index contributed by atoms with van der Waals surface area (Å²) in [5.41, 5.74) is 2.14. The fourth-order valence-electron chi connectivity index (χ4n) is 4.06. The van der Waals surface area contributed by atoms with Gasteiger partial charge in [0.2, 0.25) is 0 Å². The molecule has 1 heterocycles. The predicted octanol–water partition coefficient (Wildman–Crippen LogP) is 6.02. The predicted molar refractivity (Wildman–Crippen MR) is 126 cm³/mol. The number of nitrogens with one attached hydrogen (secondary N) is 1. The van der Waals surface area contributed by atoms with E-state index in [0.717, 1.165) is 32.1 Å². The zero-order chi connectivity index (χ0) is 22.5. The molecule has 3 aromatic carbocycles. The largest absolute Gasteiger partial charge is 0.490 e. The third-order valence-electron chi connectivity index (χ3n) is 5.71. The molecule has 0 radical (unpaired) electrons. The average Bonchev–Trinajstić information content (AvgIpc) is 2.76. The summed E-state index contributed by atoms with van der Waals surface area (Å²) in [6.07, 6.45) is 1.05. The van der Waals surface area contributed by atoms with Gasteiger partial charge in [0.15, 0.2) is 0 Å². The number of piperidine rings is 1. The number of anilines is 1. The summed E-state index contributed by atoms with van der Waals surface area (Å²) in [6, 6.07) is 21.5. The van der Waals surface area contributed by atoms with Gasteiger partial charge in [-0.25, -0.2) is 4.39 Å². The molecule has 1 aliphatic rings. The molecule has 0 bridgehead atoms. The summed E-state index contributed by atoms with van der Waals surface area (Å²) in [7, 11) is 0. The summed E-state index contributed by atoms with van der Waals surface area (Å²) < 4.78 is 19.5. The van der Waals surface area contributed by atoms with E-state index >= 15 is 0 Å². The maximum Gasteiger partial charge on any atom is 0.257 e. The van der Waals surface area contributed by atoms with Crippen molar-refractivity contribution in [3.63, 3.8) is 0 Å². The summed E-state index contributed by atoms with van der Waals surface area (Å²) in [4.78, 5) is 15.0. The molecular weight excluding hydrogens is 427 g/mol. The lowest BCUT2D eigenvalue weighted by molar-refractivity contribution is 0.0490. The van der Waals surface area contributed by atoms with E-state index in [2.05, 4.69) is 41.4 Å². The van der Waals surface area contributed by atoms with Crippen LogP contribution in [0, 0.1) is 11.7 Å². The quantitative estimate of drug-likeness (QED) is 0.497. The Labute approximate surface area is 193 Å². The summed E-state index contributed by atoms with van der Waals surface area (Å²) in [5, 5.41) is 2.88. The number of ether oxygens (including phenoxy) is 1. The first kappa shape index (κ1) is 22.3. The van der Waals surface area contributed by atoms with Crippen molar-refractivity contribution < 1.29 is 13.9 Å². The number of benzene rings is 3. The Bertz CT molecular complexity index is 1080. The van der Waals surface area contributed by atoms with Gasteiger partial charge in [0.25, 0.3) is 5.91 Å². The molecule has 32 heavy (non-hydrogen) atoms. The van der Waals surface area contributed by atoms with E-state index in [1.165, 1.54) is 17.7 Å². The Morgan fingerprint density at radius 1 is 1.12 bits per heavy atom. The number of hydrogen-bond acceptors (Lipinski definition) is 3. The Morgan fingerprint density at radius 3 is 2.69 bits per heavy atom. The van der Waals surface area contributed by atoms with Crippen molar-refractivity contribution in [3.05, 3.63) is 94.8 Å². The van der Waals surface area contributed by atoms with Gasteiger partial charge in [-0.1, -0.05) is 54.9 Å². The molecule has 3 aromatic rings. The number of nitrogens with zero attached hydrogens (tertiary/aromatic N) is 1. The van der Waals surface area contributed by atoms with E-state index in [0.29, 0.717) is 17.4 Å². The van der Waals surface area contributed by atoms with Crippen LogP contribution in [0.3, 0.4) is 0 Å². The number of likely N-dealkylation sites (tertiary alicyclic amines) is 1. The molecule has 0 aromatic heterocycles. The summed E-state index contributed by atoms with van der Waals surface area (Å²) in [6.45, 7) is 5.11. The molecule has 1 aliphatic heterocycles. The van der Waals surface area contributed by atoms with Crippen molar-refractivity contribution >= 4 is 23.2 Å². The minimum Gasteiger partial charge on any atom is -0.490 e. The van der Waals surface area contributed by atoms with Gasteiger partial charge in [0.05, 0.1) is 10.6 Å². The van der Waals surface area contributed by atoms with E-state index in [1.807, 2.05) is 18.2 Å². The van der Waals surface area contributed by atoms with E-state index < -0.39 is 11.7 Å². The van der Waals surface area contributed by atoms with Crippen LogP contribution in [0.15, 0.2) is 72.8 Å². The van der Waals surface area contributed by atoms with Gasteiger partial charge >= 0.3 is 0 Å². The van der Waals surface area contributed by atoms with E-state index in [-0.39, 0.29) is 16.7 Å². The van der Waals surface area contributed by atoms with Gasteiger partial charge in [-0.2, -0.15) is 0 Å². The van der Waals surface area contributed by atoms with E-state index in [4.69, 9.17) is 16.3 Å². The number of carbonyl (C=O) groups is 1. The number of carbonyl (C=O) groups excluding carboxylic acids is 1. The van der Waals surface area contributed by atoms with Crippen molar-refractivity contribution in [3.8, 4) is 5.75 Å². The molecule has 4 rings (SSSR count). The zero-order valence-electron chi connectivity index (χ0n) is 17.9. The van der Waals surface area contributed by atoms with Gasteiger partial charge in [0.1, 0.15) is 17.7 Å². The number of amides is 1. The first-order valence-electron chi connectivity index (χ1n) is 10.8. The molecule has 166 valence electrons. The molecule has 0 aliphatic carbocycles. The van der Waals surface area contributed by atoms with E-state index in [9.17, 15) is 9.18 Å². The molecule has 1 amide bonds. The Hall–Kier alpha value is -2.89. The minimum atomic E-state index is -0.481. The molecule has 1 unspecified atom stereocenters. The van der Waals surface area contributed by atoms with Crippen molar-refractivity contribution in [1.29, 1.82) is 0 Å². The Balaban J connectivity index is 1.35. The van der Waals surface area contributed by atoms with Crippen LogP contribution in [0.2, 0.25) is 5.02 Å². The average molecular weight is 453 g/mol. The normalized spacial score (nSPS) is 18.8. The molecule has 2 atom stereocenters. The summed E-state index contributed by atoms with van der Waals surface area (Å²) >= 11 is 6.00. The van der Waals surface area contributed by atoms with Crippen LogP contribution >= 0.6 is 11.6 Å². The van der Waals surface area contributed by atoms with E-state index in [1.54, 1.807) is 12.1 Å². The molecule has 0 saturated carbocycles. The van der Waals surface area contributed by atoms with Gasteiger partial charge in [-0.05, 0) is 42.3 Å². The summed E-state index contributed by atoms with van der Waals surface area (Å²) in [5.74, 6) is 0.214. The molecule has 1 N–H and O–H groups in total. The monoisotopic (exact) mass is 452 g/mol. The van der Waals surface area contributed by atoms with Crippen LogP contribution < -0.4 is 10.1 Å². The smallest absolute Gasteiger partial charge is 0.257 e. The van der Waals surface area contributed by atoms with Crippen LogP contribution in [-0.2, 0) is 6.54 Å². The highest BCUT2D eigenvalue weighted by atomic mass is 35.5. The number of hydrogen-bond donors (Lipinski definition) is 1. The lowest BCUT2D eigenvalue weighted by Crippen LogP contribution is -2.43. The fourth-order valence-corrected chi connectivity index (χ4v) is 4.32. The van der Waals surface area contributed by atoms with Crippen molar-refractivity contribution in [2.24, 2.45) is 5.92 Å². The maximum absolute atomic E-state index is 13.2. The lowest BCUT2D eigenvalue weighted by Gasteiger charge is -2.37. The second-order valence-corrected chi connectivity index (χ2v) is 8.66. The second-order valence-electron chi connectivity index (χ2n) is 8.25. The van der Waals surface area contributed by atoms with Gasteiger partial charge in [0, 0.05) is 37.3 Å². The highest BCUT2D eigenvalue weighted by molar-refractivity contribution is 6.34. The first-order chi connectivity index (χ1) is 15.5. The molecule has 1 fully saturated rings. The molecular formula is C26H26ClFN2O2. The molecule has 0 spiro atoms. The minimum absolute atomic E-state index is 0.0750. The van der Waals surface area contributed by atoms with Crippen LogP contribution in [0.1, 0.15) is 29.3 Å². The second kappa shape index (κ2) is 10.2. The number of rotatable bonds is 6. The highest BCUT2D eigenvalue weighted by Crippen LogP contribution is 2.26. The molecule has 4 nitrogen and oxygen atoms in total. The van der Waals surface area contributed by atoms with Crippen LogP contribution in [0.25, 0.3) is 0 Å². The molecule has 1 saturated heterocycles. The van der Waals surface area contributed by atoms with Crippen LogP contribution in [-0.4, -0.2) is 30.0 Å².